The van der Waals surface area contributed by atoms with Crippen LogP contribution < -0.4 is 5.73 Å². The maximum atomic E-state index is 6.28. The van der Waals surface area contributed by atoms with Crippen LogP contribution >= 0.6 is 11.6 Å². The maximum absolute atomic E-state index is 6.28. The van der Waals surface area contributed by atoms with E-state index in [1.54, 1.807) is 0 Å². The van der Waals surface area contributed by atoms with Crippen molar-refractivity contribution in [3.05, 3.63) is 34.9 Å². The molecule has 0 spiro atoms. The van der Waals surface area contributed by atoms with Crippen LogP contribution in [0.4, 0.5) is 0 Å². The lowest BCUT2D eigenvalue weighted by atomic mass is 10.0. The van der Waals surface area contributed by atoms with Gasteiger partial charge in [-0.05, 0) is 30.9 Å². The number of hydrogen-bond donors (Lipinski definition) is 1. The number of piperazine rings is 1. The van der Waals surface area contributed by atoms with Crippen LogP contribution in [0.1, 0.15) is 30.9 Å². The number of benzene rings is 1. The molecule has 1 heterocycles. The number of hydrogen-bond acceptors (Lipinski definition) is 3. The van der Waals surface area contributed by atoms with Crippen LogP contribution in [0, 0.1) is 0 Å². The second-order valence-corrected chi connectivity index (χ2v) is 6.43. The van der Waals surface area contributed by atoms with Gasteiger partial charge >= 0.3 is 0 Å². The van der Waals surface area contributed by atoms with E-state index < -0.39 is 0 Å². The average molecular weight is 294 g/mol. The monoisotopic (exact) mass is 293 g/mol. The van der Waals surface area contributed by atoms with E-state index in [0.717, 1.165) is 29.6 Å². The highest BCUT2D eigenvalue weighted by Crippen LogP contribution is 2.28. The SMILES string of the molecule is NC(CCN1CCN(C2CC2)CC1)c1ccccc1Cl. The highest BCUT2D eigenvalue weighted by molar-refractivity contribution is 6.31. The van der Waals surface area contributed by atoms with Gasteiger partial charge in [0.25, 0.3) is 0 Å². The Kier molecular flexibility index (Phi) is 4.61. The minimum Gasteiger partial charge on any atom is -0.324 e. The number of rotatable bonds is 5. The van der Waals surface area contributed by atoms with Gasteiger partial charge in [-0.3, -0.25) is 4.90 Å². The van der Waals surface area contributed by atoms with Crippen LogP contribution in [-0.4, -0.2) is 48.6 Å². The molecule has 0 aromatic heterocycles. The summed E-state index contributed by atoms with van der Waals surface area (Å²) in [5, 5.41) is 0.790. The molecule has 110 valence electrons. The molecular weight excluding hydrogens is 270 g/mol. The van der Waals surface area contributed by atoms with Crippen molar-refractivity contribution >= 4 is 11.6 Å². The first-order chi connectivity index (χ1) is 9.74. The van der Waals surface area contributed by atoms with Gasteiger partial charge in [0.2, 0.25) is 0 Å². The van der Waals surface area contributed by atoms with E-state index in [1.807, 2.05) is 24.3 Å². The van der Waals surface area contributed by atoms with Crippen molar-refractivity contribution in [1.29, 1.82) is 0 Å². The molecule has 20 heavy (non-hydrogen) atoms. The van der Waals surface area contributed by atoms with E-state index in [1.165, 1.54) is 39.0 Å². The average Bonchev–Trinajstić information content (AvgIpc) is 3.30. The van der Waals surface area contributed by atoms with Gasteiger partial charge in [0.05, 0.1) is 0 Å². The quantitative estimate of drug-likeness (QED) is 0.905. The van der Waals surface area contributed by atoms with Crippen LogP contribution in [-0.2, 0) is 0 Å². The number of nitrogens with two attached hydrogens (primary N) is 1. The first kappa shape index (κ1) is 14.3. The summed E-state index contributed by atoms with van der Waals surface area (Å²) in [6.45, 7) is 5.90. The molecule has 0 amide bonds. The zero-order chi connectivity index (χ0) is 13.9. The fourth-order valence-corrected chi connectivity index (χ4v) is 3.32. The topological polar surface area (TPSA) is 32.5 Å². The van der Waals surface area contributed by atoms with Gasteiger partial charge in [-0.15, -0.1) is 0 Å². The molecular formula is C16H24ClN3. The number of nitrogens with zero attached hydrogens (tertiary/aromatic N) is 2. The summed E-state index contributed by atoms with van der Waals surface area (Å²) in [6.07, 6.45) is 3.81. The van der Waals surface area contributed by atoms with Crippen LogP contribution in [0.15, 0.2) is 24.3 Å². The van der Waals surface area contributed by atoms with Crippen molar-refractivity contribution in [2.24, 2.45) is 5.73 Å². The molecule has 1 aliphatic carbocycles. The van der Waals surface area contributed by atoms with E-state index >= 15 is 0 Å². The summed E-state index contributed by atoms with van der Waals surface area (Å²) in [7, 11) is 0. The Bertz CT molecular complexity index is 439. The predicted molar refractivity (Wildman–Crippen MR) is 84.0 cm³/mol. The molecule has 2 aliphatic rings. The molecule has 1 aromatic carbocycles. The van der Waals surface area contributed by atoms with Gasteiger partial charge in [-0.25, -0.2) is 0 Å². The number of halogens is 1. The van der Waals surface area contributed by atoms with Gasteiger partial charge in [0.15, 0.2) is 0 Å². The molecule has 4 heteroatoms. The van der Waals surface area contributed by atoms with E-state index in [0.29, 0.717) is 0 Å². The Balaban J connectivity index is 1.44. The zero-order valence-electron chi connectivity index (χ0n) is 12.0. The van der Waals surface area contributed by atoms with Crippen LogP contribution in [0.25, 0.3) is 0 Å². The third kappa shape index (κ3) is 3.53. The van der Waals surface area contributed by atoms with Crippen molar-refractivity contribution in [1.82, 2.24) is 9.80 Å². The molecule has 3 nitrogen and oxygen atoms in total. The van der Waals surface area contributed by atoms with Crippen LogP contribution in [0.2, 0.25) is 5.02 Å². The van der Waals surface area contributed by atoms with Crippen molar-refractivity contribution in [3.63, 3.8) is 0 Å². The smallest absolute Gasteiger partial charge is 0.0453 e. The molecule has 2 fully saturated rings. The molecule has 3 rings (SSSR count). The molecule has 0 bridgehead atoms. The summed E-state index contributed by atoms with van der Waals surface area (Å²) in [5.41, 5.74) is 7.35. The van der Waals surface area contributed by atoms with Gasteiger partial charge in [0, 0.05) is 49.8 Å². The first-order valence-corrected chi connectivity index (χ1v) is 8.08. The lowest BCUT2D eigenvalue weighted by Gasteiger charge is -2.35. The van der Waals surface area contributed by atoms with E-state index in [9.17, 15) is 0 Å². The molecule has 1 unspecified atom stereocenters. The highest BCUT2D eigenvalue weighted by atomic mass is 35.5. The summed E-state index contributed by atoms with van der Waals surface area (Å²) in [5.74, 6) is 0. The molecule has 1 saturated carbocycles. The minimum atomic E-state index is 0.0464. The lowest BCUT2D eigenvalue weighted by molar-refractivity contribution is 0.124. The zero-order valence-corrected chi connectivity index (χ0v) is 12.7. The van der Waals surface area contributed by atoms with E-state index in [-0.39, 0.29) is 6.04 Å². The Morgan fingerprint density at radius 1 is 1.15 bits per heavy atom. The summed E-state index contributed by atoms with van der Waals surface area (Å²) in [6, 6.07) is 8.88. The molecule has 1 atom stereocenters. The van der Waals surface area contributed by atoms with E-state index in [2.05, 4.69) is 9.80 Å². The molecule has 1 aromatic rings. The van der Waals surface area contributed by atoms with Crippen molar-refractivity contribution in [2.75, 3.05) is 32.7 Å². The Labute approximate surface area is 126 Å². The predicted octanol–water partition coefficient (Wildman–Crippen LogP) is 2.51. The normalized spacial score (nSPS) is 22.9. The van der Waals surface area contributed by atoms with Crippen LogP contribution in [0.3, 0.4) is 0 Å². The molecule has 1 saturated heterocycles. The fraction of sp³-hybridized carbons (Fsp3) is 0.625. The summed E-state index contributed by atoms with van der Waals surface area (Å²) in [4.78, 5) is 5.18. The Morgan fingerprint density at radius 2 is 1.85 bits per heavy atom. The van der Waals surface area contributed by atoms with Crippen molar-refractivity contribution in [3.8, 4) is 0 Å². The molecule has 0 radical (unpaired) electrons. The summed E-state index contributed by atoms with van der Waals surface area (Å²) >= 11 is 6.20. The summed E-state index contributed by atoms with van der Waals surface area (Å²) < 4.78 is 0. The standard InChI is InChI=1S/C16H24ClN3/c17-15-4-2-1-3-14(15)16(18)7-8-19-9-11-20(12-10-19)13-5-6-13/h1-4,13,16H,5-12,18H2. The van der Waals surface area contributed by atoms with Gasteiger partial charge in [-0.1, -0.05) is 29.8 Å². The van der Waals surface area contributed by atoms with Crippen molar-refractivity contribution < 1.29 is 0 Å². The first-order valence-electron chi connectivity index (χ1n) is 7.70. The van der Waals surface area contributed by atoms with Gasteiger partial charge in [-0.2, -0.15) is 0 Å². The third-order valence-electron chi connectivity index (χ3n) is 4.53. The second-order valence-electron chi connectivity index (χ2n) is 6.03. The Morgan fingerprint density at radius 3 is 2.50 bits per heavy atom. The second kappa shape index (κ2) is 6.44. The Hall–Kier alpha value is -0.610. The lowest BCUT2D eigenvalue weighted by Crippen LogP contribution is -2.47. The van der Waals surface area contributed by atoms with Gasteiger partial charge in [0.1, 0.15) is 0 Å². The van der Waals surface area contributed by atoms with Gasteiger partial charge < -0.3 is 10.6 Å². The van der Waals surface area contributed by atoms with E-state index in [4.69, 9.17) is 17.3 Å². The third-order valence-corrected chi connectivity index (χ3v) is 4.88. The minimum absolute atomic E-state index is 0.0464. The fourth-order valence-electron chi connectivity index (χ4n) is 3.04. The molecule has 2 N–H and O–H groups in total. The molecule has 1 aliphatic heterocycles. The highest BCUT2D eigenvalue weighted by Gasteiger charge is 2.31. The van der Waals surface area contributed by atoms with Crippen molar-refractivity contribution in [2.45, 2.75) is 31.3 Å². The maximum Gasteiger partial charge on any atom is 0.0453 e. The largest absolute Gasteiger partial charge is 0.324 e. The van der Waals surface area contributed by atoms with Crippen LogP contribution in [0.5, 0.6) is 0 Å².